The summed E-state index contributed by atoms with van der Waals surface area (Å²) < 4.78 is 13.5. The lowest BCUT2D eigenvalue weighted by molar-refractivity contribution is -0.181. The Kier molecular flexibility index (Phi) is 5.07. The molecule has 2 nitrogen and oxygen atoms in total. The van der Waals surface area contributed by atoms with Crippen molar-refractivity contribution in [1.82, 2.24) is 0 Å². The highest BCUT2D eigenvalue weighted by molar-refractivity contribution is 6.26. The summed E-state index contributed by atoms with van der Waals surface area (Å²) in [7, 11) is 3.65. The second kappa shape index (κ2) is 9.01. The predicted octanol–water partition coefficient (Wildman–Crippen LogP) is 10.3. The molecule has 0 atom stereocenters. The van der Waals surface area contributed by atoms with E-state index in [1.807, 2.05) is 14.2 Å². The van der Waals surface area contributed by atoms with Crippen molar-refractivity contribution in [1.29, 1.82) is 0 Å². The van der Waals surface area contributed by atoms with E-state index in [1.54, 1.807) is 0 Å². The standard InChI is InChI=1S/C43H30O2/c1-44-43(45-2)41-33-23-27-17-9-11-19-29(27)37(33)35(25-13-5-3-6-14-25)31-21-22-32-36(26-15-7-4-8-16-26)38-30-20-12-10-18-28(30)24-34(38)42(43)40(32)39(31)41/h3-22H,23-24H2,1-2H3. The van der Waals surface area contributed by atoms with Crippen LogP contribution in [0.25, 0.3) is 66.1 Å². The minimum atomic E-state index is -1.02. The van der Waals surface area contributed by atoms with Crippen LogP contribution < -0.4 is 0 Å². The molecule has 7 aromatic carbocycles. The average Bonchev–Trinajstić information content (AvgIpc) is 3.76. The third kappa shape index (κ3) is 3.06. The molecule has 0 fully saturated rings. The maximum absolute atomic E-state index is 6.73. The zero-order valence-electron chi connectivity index (χ0n) is 25.3. The lowest BCUT2D eigenvalue weighted by atomic mass is 9.84. The molecule has 0 unspecified atom stereocenters. The fraction of sp³-hybridized carbons (Fsp3) is 0.116. The average molecular weight is 579 g/mol. The minimum absolute atomic E-state index is 0.851. The van der Waals surface area contributed by atoms with E-state index in [0.29, 0.717) is 0 Å². The Bertz CT molecular complexity index is 2220. The van der Waals surface area contributed by atoms with Crippen molar-refractivity contribution in [2.45, 2.75) is 18.6 Å². The maximum atomic E-state index is 6.73. The van der Waals surface area contributed by atoms with Gasteiger partial charge in [-0.15, -0.1) is 0 Å². The van der Waals surface area contributed by atoms with E-state index < -0.39 is 5.79 Å². The van der Waals surface area contributed by atoms with Crippen LogP contribution in [0.3, 0.4) is 0 Å². The second-order valence-corrected chi connectivity index (χ2v) is 12.5. The van der Waals surface area contributed by atoms with Gasteiger partial charge in [0.15, 0.2) is 0 Å². The lowest BCUT2D eigenvalue weighted by Gasteiger charge is -2.33. The molecule has 7 aromatic rings. The third-order valence-electron chi connectivity index (χ3n) is 10.6. The molecule has 0 heterocycles. The first kappa shape index (κ1) is 25.3. The summed E-state index contributed by atoms with van der Waals surface area (Å²) >= 11 is 0. The van der Waals surface area contributed by atoms with E-state index in [1.165, 1.54) is 99.4 Å². The Morgan fingerprint density at radius 2 is 0.844 bits per heavy atom. The molecule has 3 aliphatic carbocycles. The van der Waals surface area contributed by atoms with Gasteiger partial charge in [0, 0.05) is 25.3 Å². The zero-order chi connectivity index (χ0) is 29.9. The lowest BCUT2D eigenvalue weighted by Crippen LogP contribution is -2.32. The van der Waals surface area contributed by atoms with Gasteiger partial charge < -0.3 is 9.47 Å². The summed E-state index contributed by atoms with van der Waals surface area (Å²) in [6, 6.07) is 44.4. The van der Waals surface area contributed by atoms with Crippen molar-refractivity contribution in [2.24, 2.45) is 0 Å². The maximum Gasteiger partial charge on any atom is 0.223 e. The number of methoxy groups -OCH3 is 2. The molecule has 0 aromatic heterocycles. The molecule has 3 aliphatic rings. The summed E-state index contributed by atoms with van der Waals surface area (Å²) in [5.41, 5.74) is 18.0. The first-order chi connectivity index (χ1) is 22.2. The van der Waals surface area contributed by atoms with E-state index in [0.717, 1.165) is 12.8 Å². The van der Waals surface area contributed by atoms with Gasteiger partial charge in [0.05, 0.1) is 0 Å². The second-order valence-electron chi connectivity index (χ2n) is 12.5. The summed E-state index contributed by atoms with van der Waals surface area (Å²) in [6.07, 6.45) is 1.70. The van der Waals surface area contributed by atoms with Gasteiger partial charge in [0.1, 0.15) is 0 Å². The summed E-state index contributed by atoms with van der Waals surface area (Å²) in [6.45, 7) is 0. The predicted molar refractivity (Wildman–Crippen MR) is 184 cm³/mol. The van der Waals surface area contributed by atoms with Crippen molar-refractivity contribution in [2.75, 3.05) is 14.2 Å². The third-order valence-corrected chi connectivity index (χ3v) is 10.6. The molecule has 0 N–H and O–H groups in total. The van der Waals surface area contributed by atoms with Crippen LogP contribution in [-0.2, 0) is 28.1 Å². The molecule has 0 saturated carbocycles. The zero-order valence-corrected chi connectivity index (χ0v) is 25.3. The molecule has 0 bridgehead atoms. The molecular formula is C43H30O2. The Morgan fingerprint density at radius 1 is 0.444 bits per heavy atom. The Morgan fingerprint density at radius 3 is 1.27 bits per heavy atom. The van der Waals surface area contributed by atoms with Crippen LogP contribution in [0.1, 0.15) is 33.4 Å². The molecule has 0 saturated heterocycles. The Labute approximate surface area is 262 Å². The Balaban J connectivity index is 1.47. The smallest absolute Gasteiger partial charge is 0.223 e. The molecule has 214 valence electrons. The largest absolute Gasteiger partial charge is 0.346 e. The van der Waals surface area contributed by atoms with Gasteiger partial charge in [-0.2, -0.15) is 0 Å². The van der Waals surface area contributed by atoms with Crippen molar-refractivity contribution < 1.29 is 9.47 Å². The Hall–Kier alpha value is -5.02. The molecule has 2 heteroatoms. The van der Waals surface area contributed by atoms with Gasteiger partial charge in [-0.3, -0.25) is 0 Å². The number of benzene rings is 7. The van der Waals surface area contributed by atoms with Crippen LogP contribution in [0.15, 0.2) is 121 Å². The normalized spacial score (nSPS) is 14.6. The minimum Gasteiger partial charge on any atom is -0.346 e. The number of fused-ring (bicyclic) bond motifs is 8. The first-order valence-electron chi connectivity index (χ1n) is 15.8. The van der Waals surface area contributed by atoms with Crippen LogP contribution in [0.4, 0.5) is 0 Å². The van der Waals surface area contributed by atoms with Gasteiger partial charge in [0.25, 0.3) is 0 Å². The van der Waals surface area contributed by atoms with Crippen LogP contribution in [-0.4, -0.2) is 14.2 Å². The molecular weight excluding hydrogens is 548 g/mol. The van der Waals surface area contributed by atoms with E-state index in [9.17, 15) is 0 Å². The summed E-state index contributed by atoms with van der Waals surface area (Å²) in [5, 5.41) is 5.05. The van der Waals surface area contributed by atoms with Gasteiger partial charge in [-0.05, 0) is 101 Å². The van der Waals surface area contributed by atoms with E-state index >= 15 is 0 Å². The SMILES string of the molecule is COC1(OC)c2c3c(c(-c4ccccc4)c4ccc5c(-c6ccccc6)c6c(c1c5c24)Cc1ccccc1-6)-c1ccccc1C3. The van der Waals surface area contributed by atoms with Gasteiger partial charge in [0.2, 0.25) is 5.79 Å². The van der Waals surface area contributed by atoms with E-state index in [4.69, 9.17) is 9.47 Å². The van der Waals surface area contributed by atoms with Crippen molar-refractivity contribution in [3.05, 3.63) is 155 Å². The van der Waals surface area contributed by atoms with Gasteiger partial charge >= 0.3 is 0 Å². The van der Waals surface area contributed by atoms with Crippen LogP contribution in [0.5, 0.6) is 0 Å². The monoisotopic (exact) mass is 578 g/mol. The van der Waals surface area contributed by atoms with Gasteiger partial charge in [-0.25, -0.2) is 0 Å². The van der Waals surface area contributed by atoms with E-state index in [2.05, 4.69) is 121 Å². The van der Waals surface area contributed by atoms with Crippen LogP contribution in [0.2, 0.25) is 0 Å². The van der Waals surface area contributed by atoms with Crippen molar-refractivity contribution in [3.8, 4) is 44.5 Å². The number of rotatable bonds is 4. The summed E-state index contributed by atoms with van der Waals surface area (Å²) in [5.74, 6) is -1.02. The molecule has 0 spiro atoms. The van der Waals surface area contributed by atoms with E-state index in [-0.39, 0.29) is 0 Å². The van der Waals surface area contributed by atoms with Crippen molar-refractivity contribution in [3.63, 3.8) is 0 Å². The highest BCUT2D eigenvalue weighted by Crippen LogP contribution is 2.62. The van der Waals surface area contributed by atoms with Crippen LogP contribution >= 0.6 is 0 Å². The topological polar surface area (TPSA) is 18.5 Å². The fourth-order valence-electron chi connectivity index (χ4n) is 8.98. The molecule has 10 rings (SSSR count). The molecule has 0 aliphatic heterocycles. The quantitative estimate of drug-likeness (QED) is 0.153. The molecule has 0 radical (unpaired) electrons. The fourth-order valence-corrected chi connectivity index (χ4v) is 8.98. The number of ether oxygens (including phenoxy) is 2. The molecule has 0 amide bonds. The first-order valence-corrected chi connectivity index (χ1v) is 15.8. The highest BCUT2D eigenvalue weighted by Gasteiger charge is 2.50. The van der Waals surface area contributed by atoms with Gasteiger partial charge in [-0.1, -0.05) is 121 Å². The van der Waals surface area contributed by atoms with Crippen LogP contribution in [0, 0.1) is 0 Å². The highest BCUT2D eigenvalue weighted by atomic mass is 16.7. The number of hydrogen-bond acceptors (Lipinski definition) is 2. The van der Waals surface area contributed by atoms with Crippen molar-refractivity contribution >= 4 is 21.5 Å². The summed E-state index contributed by atoms with van der Waals surface area (Å²) in [4.78, 5) is 0. The molecule has 45 heavy (non-hydrogen) atoms. The number of hydrogen-bond donors (Lipinski definition) is 0.